The molecule has 1 atom stereocenters. The van der Waals surface area contributed by atoms with Crippen molar-refractivity contribution in [1.29, 1.82) is 0 Å². The maximum absolute atomic E-state index is 11.7. The van der Waals surface area contributed by atoms with E-state index in [1.807, 2.05) is 0 Å². The predicted molar refractivity (Wildman–Crippen MR) is 69.2 cm³/mol. The highest BCUT2D eigenvalue weighted by molar-refractivity contribution is 6.32. The van der Waals surface area contributed by atoms with Crippen LogP contribution < -0.4 is 0 Å². The van der Waals surface area contributed by atoms with Crippen LogP contribution in [0.3, 0.4) is 0 Å². The number of nitrogens with zero attached hydrogens (tertiary/aromatic N) is 1. The Balaban J connectivity index is 3.19. The Bertz CT molecular complexity index is 545. The van der Waals surface area contributed by atoms with Crippen molar-refractivity contribution in [3.8, 4) is 0 Å². The number of nitro benzene ring substituents is 1. The molecule has 7 nitrogen and oxygen atoms in total. The maximum atomic E-state index is 11.7. The molecular formula is C12H12ClNO6. The highest BCUT2D eigenvalue weighted by atomic mass is 35.5. The minimum atomic E-state index is -1.36. The number of halogens is 1. The predicted octanol–water partition coefficient (Wildman–Crippen LogP) is 2.42. The number of esters is 2. The maximum Gasteiger partial charge on any atom is 0.352 e. The molecule has 0 amide bonds. The van der Waals surface area contributed by atoms with Crippen LogP contribution in [0.1, 0.15) is 25.5 Å². The van der Waals surface area contributed by atoms with Gasteiger partial charge in [-0.15, -0.1) is 0 Å². The molecule has 20 heavy (non-hydrogen) atoms. The zero-order chi connectivity index (χ0) is 15.3. The molecule has 0 N–H and O–H groups in total. The molecule has 1 rings (SSSR count). The Hall–Kier alpha value is -2.15. The SMILES string of the molecule is CCOC(=O)C(OC(C)=O)c1ccc(Cl)c([N+](=O)[O-])c1. The zero-order valence-corrected chi connectivity index (χ0v) is 11.5. The summed E-state index contributed by atoms with van der Waals surface area (Å²) in [5.74, 6) is -1.51. The molecule has 0 saturated carbocycles. The fourth-order valence-electron chi connectivity index (χ4n) is 1.47. The molecular weight excluding hydrogens is 290 g/mol. The average molecular weight is 302 g/mol. The number of hydrogen-bond donors (Lipinski definition) is 0. The Kier molecular flexibility index (Phi) is 5.45. The van der Waals surface area contributed by atoms with E-state index in [2.05, 4.69) is 0 Å². The van der Waals surface area contributed by atoms with E-state index in [4.69, 9.17) is 21.1 Å². The van der Waals surface area contributed by atoms with Crippen molar-refractivity contribution in [3.05, 3.63) is 38.9 Å². The Morgan fingerprint density at radius 1 is 1.45 bits per heavy atom. The van der Waals surface area contributed by atoms with Gasteiger partial charge in [-0.05, 0) is 13.0 Å². The molecule has 8 heteroatoms. The van der Waals surface area contributed by atoms with Gasteiger partial charge in [-0.2, -0.15) is 0 Å². The van der Waals surface area contributed by atoms with Crippen LogP contribution in [-0.2, 0) is 19.1 Å². The highest BCUT2D eigenvalue weighted by Crippen LogP contribution is 2.29. The number of hydrogen-bond acceptors (Lipinski definition) is 6. The molecule has 0 aliphatic heterocycles. The summed E-state index contributed by atoms with van der Waals surface area (Å²) >= 11 is 5.68. The van der Waals surface area contributed by atoms with E-state index in [1.165, 1.54) is 12.1 Å². The average Bonchev–Trinajstić information content (AvgIpc) is 2.36. The van der Waals surface area contributed by atoms with Crippen LogP contribution in [0.5, 0.6) is 0 Å². The largest absolute Gasteiger partial charge is 0.463 e. The van der Waals surface area contributed by atoms with E-state index in [0.29, 0.717) is 0 Å². The van der Waals surface area contributed by atoms with Gasteiger partial charge in [0.15, 0.2) is 0 Å². The number of benzene rings is 1. The summed E-state index contributed by atoms with van der Waals surface area (Å²) in [7, 11) is 0. The van der Waals surface area contributed by atoms with Gasteiger partial charge in [0.05, 0.1) is 11.5 Å². The second-order valence-corrected chi connectivity index (χ2v) is 4.12. The number of nitro groups is 1. The van der Waals surface area contributed by atoms with Gasteiger partial charge in [0.2, 0.25) is 6.10 Å². The fraction of sp³-hybridized carbons (Fsp3) is 0.333. The topological polar surface area (TPSA) is 95.7 Å². The summed E-state index contributed by atoms with van der Waals surface area (Å²) < 4.78 is 9.62. The zero-order valence-electron chi connectivity index (χ0n) is 10.8. The lowest BCUT2D eigenvalue weighted by Gasteiger charge is -2.15. The summed E-state index contributed by atoms with van der Waals surface area (Å²) in [6.07, 6.45) is -1.36. The van der Waals surface area contributed by atoms with Gasteiger partial charge in [-0.25, -0.2) is 4.79 Å². The first-order chi connectivity index (χ1) is 9.36. The molecule has 0 aliphatic rings. The van der Waals surface area contributed by atoms with E-state index in [1.54, 1.807) is 6.92 Å². The molecule has 1 unspecified atom stereocenters. The quantitative estimate of drug-likeness (QED) is 0.471. The van der Waals surface area contributed by atoms with E-state index < -0.39 is 23.0 Å². The molecule has 0 aliphatic carbocycles. The van der Waals surface area contributed by atoms with E-state index in [0.717, 1.165) is 13.0 Å². The van der Waals surface area contributed by atoms with Crippen LogP contribution in [0.15, 0.2) is 18.2 Å². The molecule has 0 heterocycles. The van der Waals surface area contributed by atoms with Crippen LogP contribution in [0.2, 0.25) is 5.02 Å². The third-order valence-corrected chi connectivity index (χ3v) is 2.57. The summed E-state index contributed by atoms with van der Waals surface area (Å²) in [4.78, 5) is 32.9. The van der Waals surface area contributed by atoms with E-state index in [9.17, 15) is 19.7 Å². The second kappa shape index (κ2) is 6.85. The van der Waals surface area contributed by atoms with Crippen molar-refractivity contribution in [2.24, 2.45) is 0 Å². The molecule has 0 radical (unpaired) electrons. The molecule has 0 fully saturated rings. The first kappa shape index (κ1) is 15.9. The lowest BCUT2D eigenvalue weighted by atomic mass is 10.1. The highest BCUT2D eigenvalue weighted by Gasteiger charge is 2.27. The molecule has 1 aromatic rings. The Morgan fingerprint density at radius 2 is 2.10 bits per heavy atom. The minimum Gasteiger partial charge on any atom is -0.463 e. The van der Waals surface area contributed by atoms with Crippen LogP contribution >= 0.6 is 11.6 Å². The van der Waals surface area contributed by atoms with Crippen molar-refractivity contribution in [2.45, 2.75) is 20.0 Å². The number of ether oxygens (including phenoxy) is 2. The van der Waals surface area contributed by atoms with Gasteiger partial charge in [-0.3, -0.25) is 14.9 Å². The first-order valence-electron chi connectivity index (χ1n) is 5.64. The molecule has 108 valence electrons. The Labute approximate surface area is 119 Å². The summed E-state index contributed by atoms with van der Waals surface area (Å²) in [5, 5.41) is 10.7. The van der Waals surface area contributed by atoms with Crippen LogP contribution in [0.25, 0.3) is 0 Å². The van der Waals surface area contributed by atoms with Crippen molar-refractivity contribution < 1.29 is 24.0 Å². The lowest BCUT2D eigenvalue weighted by Crippen LogP contribution is -2.21. The second-order valence-electron chi connectivity index (χ2n) is 3.71. The monoisotopic (exact) mass is 301 g/mol. The normalized spacial score (nSPS) is 11.6. The van der Waals surface area contributed by atoms with Crippen molar-refractivity contribution in [2.75, 3.05) is 6.61 Å². The van der Waals surface area contributed by atoms with Gasteiger partial charge >= 0.3 is 11.9 Å². The van der Waals surface area contributed by atoms with Gasteiger partial charge < -0.3 is 9.47 Å². The molecule has 0 saturated heterocycles. The van der Waals surface area contributed by atoms with Gasteiger partial charge in [0, 0.05) is 18.6 Å². The minimum absolute atomic E-state index is 0.0795. The number of carbonyl (C=O) groups excluding carboxylic acids is 2. The number of rotatable bonds is 5. The van der Waals surface area contributed by atoms with Crippen molar-refractivity contribution >= 4 is 29.2 Å². The van der Waals surface area contributed by atoms with Crippen molar-refractivity contribution in [1.82, 2.24) is 0 Å². The summed E-state index contributed by atoms with van der Waals surface area (Å²) in [5.41, 5.74) is -0.264. The smallest absolute Gasteiger partial charge is 0.352 e. The first-order valence-corrected chi connectivity index (χ1v) is 6.02. The third kappa shape index (κ3) is 3.92. The van der Waals surface area contributed by atoms with Gasteiger partial charge in [-0.1, -0.05) is 17.7 Å². The Morgan fingerprint density at radius 3 is 2.60 bits per heavy atom. The molecule has 0 bridgehead atoms. The fourth-order valence-corrected chi connectivity index (χ4v) is 1.66. The van der Waals surface area contributed by atoms with E-state index in [-0.39, 0.29) is 22.9 Å². The molecule has 1 aromatic carbocycles. The summed E-state index contributed by atoms with van der Waals surface area (Å²) in [6, 6.07) is 3.69. The van der Waals surface area contributed by atoms with Crippen molar-refractivity contribution in [3.63, 3.8) is 0 Å². The molecule has 0 aromatic heterocycles. The van der Waals surface area contributed by atoms with Gasteiger partial charge in [0.25, 0.3) is 5.69 Å². The van der Waals surface area contributed by atoms with Crippen LogP contribution in [0, 0.1) is 10.1 Å². The lowest BCUT2D eigenvalue weighted by molar-refractivity contribution is -0.384. The standard InChI is InChI=1S/C12H12ClNO6/c1-3-19-12(16)11(20-7(2)15)8-4-5-9(13)10(6-8)14(17)18/h4-6,11H,3H2,1-2H3. The molecule has 0 spiro atoms. The van der Waals surface area contributed by atoms with Crippen LogP contribution in [0.4, 0.5) is 5.69 Å². The summed E-state index contributed by atoms with van der Waals surface area (Å²) in [6.45, 7) is 2.80. The third-order valence-electron chi connectivity index (χ3n) is 2.25. The number of carbonyl (C=O) groups is 2. The van der Waals surface area contributed by atoms with Crippen LogP contribution in [-0.4, -0.2) is 23.5 Å². The van der Waals surface area contributed by atoms with Gasteiger partial charge in [0.1, 0.15) is 5.02 Å². The van der Waals surface area contributed by atoms with E-state index >= 15 is 0 Å².